The van der Waals surface area contributed by atoms with Gasteiger partial charge in [-0.2, -0.15) is 0 Å². The number of nitrogens with one attached hydrogen (secondary N) is 2. The first kappa shape index (κ1) is 81.3. The number of rotatable bonds is 25. The van der Waals surface area contributed by atoms with Crippen molar-refractivity contribution in [3.05, 3.63) is 127 Å². The number of imidazole rings is 1. The van der Waals surface area contributed by atoms with E-state index < -0.39 is 51.7 Å². The summed E-state index contributed by atoms with van der Waals surface area (Å²) in [6, 6.07) is 8.09. The first-order valence-corrected chi connectivity index (χ1v) is 34.3. The smallest absolute Gasteiger partial charge is 0.354 e. The number of hydrogen-bond acceptors (Lipinski definition) is 32. The molecule has 560 valence electrons. The first-order chi connectivity index (χ1) is 49.9. The molecule has 11 heterocycles. The highest BCUT2D eigenvalue weighted by Crippen LogP contribution is 2.20. The van der Waals surface area contributed by atoms with E-state index >= 15 is 0 Å². The van der Waals surface area contributed by atoms with Crippen LogP contribution < -0.4 is 36.0 Å². The van der Waals surface area contributed by atoms with Crippen molar-refractivity contribution in [3.63, 3.8) is 0 Å². The maximum Gasteiger partial charge on any atom is 0.354 e. The van der Waals surface area contributed by atoms with Gasteiger partial charge in [0.1, 0.15) is 72.9 Å². The van der Waals surface area contributed by atoms with E-state index in [1.54, 1.807) is 17.4 Å². The van der Waals surface area contributed by atoms with Crippen molar-refractivity contribution in [1.82, 2.24) is 79.2 Å². The summed E-state index contributed by atoms with van der Waals surface area (Å²) in [7, 11) is -2.95. The van der Waals surface area contributed by atoms with Crippen molar-refractivity contribution in [2.45, 2.75) is 45.8 Å². The Hall–Kier alpha value is -11.6. The zero-order valence-corrected chi connectivity index (χ0v) is 57.8. The lowest BCUT2D eigenvalue weighted by molar-refractivity contribution is 0.0679. The highest BCUT2D eigenvalue weighted by molar-refractivity contribution is 7.91. The molecule has 4 aliphatic heterocycles. The van der Waals surface area contributed by atoms with Crippen molar-refractivity contribution in [2.24, 2.45) is 5.73 Å². The van der Waals surface area contributed by atoms with E-state index in [9.17, 15) is 47.1 Å². The molecular formula is C62H83N23O18S. The summed E-state index contributed by atoms with van der Waals surface area (Å²) < 4.78 is 35.0. The summed E-state index contributed by atoms with van der Waals surface area (Å²) in [4.78, 5) is 137. The molecule has 7 aromatic rings. The Morgan fingerprint density at radius 2 is 0.865 bits per heavy atom. The number of sulfone groups is 1. The van der Waals surface area contributed by atoms with Gasteiger partial charge in [-0.25, -0.2) is 107 Å². The SMILES string of the molecule is CCOCCCNc1cc(C(=O)O)ncn1.CCOCCN1CCN(c2cc(C(=O)O)ncn2)CC1.NC(=O)N1CCN(c2cc(C(=O)O)ncn2)CC1.O=C(O)c1cc(N2CCS(=O)(=O)CC2)ncn1.O=C(O)c1cc(N2CC[C@H](O)C2)ncn1.O=C(O)c1cc(NCCCn2ccnc2)ncn1. The lowest BCUT2D eigenvalue weighted by Crippen LogP contribution is -2.50. The number of amides is 2. The number of nitrogens with zero attached hydrogens (tertiary/aromatic N) is 20. The highest BCUT2D eigenvalue weighted by Gasteiger charge is 2.26. The Balaban J connectivity index is 0.000000196. The van der Waals surface area contributed by atoms with Crippen molar-refractivity contribution < 1.29 is 87.2 Å². The van der Waals surface area contributed by atoms with E-state index in [-0.39, 0.29) is 51.8 Å². The van der Waals surface area contributed by atoms with E-state index in [1.165, 1.54) is 79.3 Å². The third-order valence-corrected chi connectivity index (χ3v) is 16.8. The van der Waals surface area contributed by atoms with Gasteiger partial charge in [0.25, 0.3) is 0 Å². The molecule has 0 aliphatic carbocycles. The number of aliphatic hydroxyl groups is 1. The van der Waals surface area contributed by atoms with Crippen LogP contribution in [0.15, 0.2) is 93.1 Å². The lowest BCUT2D eigenvalue weighted by atomic mass is 10.3. The molecule has 0 unspecified atom stereocenters. The molecule has 0 radical (unpaired) electrons. The van der Waals surface area contributed by atoms with Gasteiger partial charge in [-0.1, -0.05) is 0 Å². The van der Waals surface area contributed by atoms with Gasteiger partial charge in [-0.3, -0.25) is 4.90 Å². The molecule has 0 aromatic carbocycles. The lowest BCUT2D eigenvalue weighted by Gasteiger charge is -2.35. The van der Waals surface area contributed by atoms with E-state index in [0.717, 1.165) is 65.3 Å². The largest absolute Gasteiger partial charge is 0.477 e. The van der Waals surface area contributed by atoms with E-state index in [1.807, 2.05) is 34.4 Å². The summed E-state index contributed by atoms with van der Waals surface area (Å²) in [6.45, 7) is 17.5. The maximum absolute atomic E-state index is 11.2. The number of aliphatic hydroxyl groups excluding tert-OH is 1. The molecule has 104 heavy (non-hydrogen) atoms. The number of carbonyl (C=O) groups excluding carboxylic acids is 1. The number of aromatic nitrogens is 14. The molecule has 7 aromatic heterocycles. The topological polar surface area (TPSA) is 556 Å². The Labute approximate surface area is 595 Å². The van der Waals surface area contributed by atoms with Gasteiger partial charge in [0.05, 0.1) is 30.5 Å². The molecule has 0 spiro atoms. The Morgan fingerprint density at radius 1 is 0.481 bits per heavy atom. The molecule has 4 saturated heterocycles. The second kappa shape index (κ2) is 42.6. The summed E-state index contributed by atoms with van der Waals surface area (Å²) >= 11 is 0. The average Bonchev–Trinajstić information content (AvgIpc) is 1.06. The highest BCUT2D eigenvalue weighted by atomic mass is 32.2. The third kappa shape index (κ3) is 28.4. The fraction of sp³-hybridized carbons (Fsp3) is 0.452. The number of carboxylic acid groups (broad SMARTS) is 6. The standard InChI is InChI=1S/C13H20N4O3.C11H13N5O2.C10H13N5O3.C10H15N3O3.C9H11N3O4S.C9H11N3O3/c1-2-20-8-7-16-3-5-17(6-4-16)12-9-11(13(18)19)14-10-15-12;17-11(18)9-6-10(15-7-14-9)13-2-1-4-16-5-3-12-8-16;11-10(18)15-3-1-14(2-4-15)8-5-7(9(16)17)12-6-13-8;1-2-16-5-3-4-11-9-6-8(10(14)15)12-7-13-9;13-9(14)7-5-8(11-6-10-7)12-1-3-17(15,16)4-2-12;13-6-1-2-12(4-6)8-3-7(9(14)15)10-5-11-8/h9-10H,2-8H2,1H3,(H,18,19);3,5-8H,1-2,4H2,(H,17,18)(H,13,14,15);5-6H,1-4H2,(H2,11,18)(H,16,17);6-7H,2-5H2,1H3,(H,14,15)(H,11,12,13);5-6H,1-4H2,(H,13,14);3,5-6,13H,1-2,4H2,(H,14,15)/t;;;;;6-/m.....0/s1. The second-order valence-electron chi connectivity index (χ2n) is 22.4. The molecule has 11 N–H and O–H groups in total. The van der Waals surface area contributed by atoms with Crippen molar-refractivity contribution >= 4 is 86.6 Å². The minimum atomic E-state index is -2.95. The first-order valence-electron chi connectivity index (χ1n) is 32.5. The van der Waals surface area contributed by atoms with E-state index in [4.69, 9.17) is 45.8 Å². The number of aryl methyl sites for hydroxylation is 1. The number of nitrogens with two attached hydrogens (primary N) is 1. The van der Waals surface area contributed by atoms with Crippen molar-refractivity contribution in [1.29, 1.82) is 0 Å². The third-order valence-electron chi connectivity index (χ3n) is 15.2. The van der Waals surface area contributed by atoms with Crippen molar-refractivity contribution in [2.75, 3.05) is 166 Å². The van der Waals surface area contributed by atoms with Crippen LogP contribution in [0.3, 0.4) is 0 Å². The quantitative estimate of drug-likeness (QED) is 0.0353. The molecule has 4 aliphatic rings. The molecule has 0 saturated carbocycles. The van der Waals surface area contributed by atoms with Gasteiger partial charge >= 0.3 is 41.8 Å². The number of carboxylic acids is 6. The van der Waals surface area contributed by atoms with Crippen LogP contribution in [0.5, 0.6) is 0 Å². The average molecular weight is 1470 g/mol. The predicted octanol–water partition coefficient (Wildman–Crippen LogP) is 0.751. The Kier molecular flexibility index (Phi) is 33.3. The number of hydrogen-bond donors (Lipinski definition) is 10. The number of piperazine rings is 2. The molecular weight excluding hydrogens is 1390 g/mol. The van der Waals surface area contributed by atoms with Crippen LogP contribution in [0.1, 0.15) is 96.0 Å². The van der Waals surface area contributed by atoms with E-state index in [0.29, 0.717) is 120 Å². The molecule has 42 heteroatoms. The van der Waals surface area contributed by atoms with Crippen LogP contribution in [0.2, 0.25) is 0 Å². The maximum atomic E-state index is 11.2. The van der Waals surface area contributed by atoms with Gasteiger partial charge in [0.15, 0.2) is 44.0 Å². The normalized spacial score (nSPS) is 15.2. The van der Waals surface area contributed by atoms with Gasteiger partial charge < -0.3 is 90.7 Å². The van der Waals surface area contributed by atoms with Gasteiger partial charge in [-0.15, -0.1) is 0 Å². The van der Waals surface area contributed by atoms with Gasteiger partial charge in [0.2, 0.25) is 0 Å². The van der Waals surface area contributed by atoms with Crippen LogP contribution in [0, 0.1) is 0 Å². The minimum absolute atomic E-state index is 0.0118. The fourth-order valence-electron chi connectivity index (χ4n) is 9.71. The van der Waals surface area contributed by atoms with E-state index in [2.05, 4.69) is 85.2 Å². The number of primary amides is 1. The summed E-state index contributed by atoms with van der Waals surface area (Å²) in [6.07, 6.45) is 14.8. The number of anilines is 6. The zero-order valence-electron chi connectivity index (χ0n) is 57.0. The van der Waals surface area contributed by atoms with Crippen LogP contribution in [0.25, 0.3) is 0 Å². The number of aromatic carboxylic acids is 6. The second-order valence-corrected chi connectivity index (χ2v) is 24.7. The van der Waals surface area contributed by atoms with Crippen LogP contribution in [-0.4, -0.2) is 307 Å². The number of ether oxygens (including phenoxy) is 2. The zero-order chi connectivity index (χ0) is 75.4. The van der Waals surface area contributed by atoms with Gasteiger partial charge in [-0.05, 0) is 33.1 Å². The Bertz CT molecular complexity index is 3990. The molecule has 0 bridgehead atoms. The molecule has 4 fully saturated rings. The minimum Gasteiger partial charge on any atom is -0.477 e. The van der Waals surface area contributed by atoms with Crippen LogP contribution >= 0.6 is 0 Å². The molecule has 41 nitrogen and oxygen atoms in total. The van der Waals surface area contributed by atoms with Crippen LogP contribution in [0.4, 0.5) is 39.7 Å². The molecule has 2 amide bonds. The molecule has 11 rings (SSSR count). The molecule has 1 atom stereocenters. The summed E-state index contributed by atoms with van der Waals surface area (Å²) in [5, 5.41) is 68.2. The number of β-amino-alcohol motifs (C(OH)–C–C–N with tert-alkyl or cyclic N) is 1. The fourth-order valence-corrected chi connectivity index (χ4v) is 10.9. The number of urea groups is 1. The monoisotopic (exact) mass is 1470 g/mol. The Morgan fingerprint density at radius 3 is 1.25 bits per heavy atom. The predicted molar refractivity (Wildman–Crippen MR) is 371 cm³/mol. The van der Waals surface area contributed by atoms with Crippen molar-refractivity contribution in [3.8, 4) is 0 Å². The van der Waals surface area contributed by atoms with Crippen LogP contribution in [-0.2, 0) is 25.9 Å². The number of carbonyl (C=O) groups is 7. The summed E-state index contributed by atoms with van der Waals surface area (Å²) in [5.74, 6) is -3.01. The van der Waals surface area contributed by atoms with Gasteiger partial charge in [0, 0.05) is 173 Å². The summed E-state index contributed by atoms with van der Waals surface area (Å²) in [5.41, 5.74) is 5.03.